The molecule has 13 heavy (non-hydrogen) atoms. The molecule has 0 aliphatic heterocycles. The van der Waals surface area contributed by atoms with Crippen molar-refractivity contribution >= 4 is 12.2 Å². The molecule has 3 N–H and O–H groups in total. The van der Waals surface area contributed by atoms with E-state index in [1.54, 1.807) is 0 Å². The van der Waals surface area contributed by atoms with Crippen molar-refractivity contribution in [2.45, 2.75) is 0 Å². The molecule has 0 aliphatic carbocycles. The van der Waals surface area contributed by atoms with E-state index in [-0.39, 0.29) is 16.9 Å². The highest BCUT2D eigenvalue weighted by Gasteiger charge is 2.10. The standard InChI is InChI=1S/C8H7NO4/c10-4-5-1-2-7(11)6(3-5)8(12)9-13/h1-4,11,13H,(H,9,12). The summed E-state index contributed by atoms with van der Waals surface area (Å²) in [5.74, 6) is -1.15. The Morgan fingerprint density at radius 2 is 2.15 bits per heavy atom. The Kier molecular flexibility index (Phi) is 2.61. The smallest absolute Gasteiger partial charge is 0.278 e. The molecule has 0 radical (unpaired) electrons. The fourth-order valence-electron chi connectivity index (χ4n) is 0.869. The molecule has 1 aromatic rings. The van der Waals surface area contributed by atoms with Gasteiger partial charge in [-0.1, -0.05) is 0 Å². The van der Waals surface area contributed by atoms with Crippen LogP contribution < -0.4 is 5.48 Å². The van der Waals surface area contributed by atoms with Gasteiger partial charge in [0.25, 0.3) is 5.91 Å². The molecule has 0 atom stereocenters. The second-order valence-corrected chi connectivity index (χ2v) is 2.34. The maximum Gasteiger partial charge on any atom is 0.278 e. The molecule has 1 rings (SSSR count). The Morgan fingerprint density at radius 1 is 1.46 bits per heavy atom. The Labute approximate surface area is 73.6 Å². The van der Waals surface area contributed by atoms with E-state index < -0.39 is 5.91 Å². The van der Waals surface area contributed by atoms with Crippen LogP contribution in [0.3, 0.4) is 0 Å². The molecule has 0 saturated carbocycles. The number of carbonyl (C=O) groups is 2. The van der Waals surface area contributed by atoms with Crippen LogP contribution in [-0.2, 0) is 0 Å². The zero-order valence-electron chi connectivity index (χ0n) is 6.52. The van der Waals surface area contributed by atoms with Crippen molar-refractivity contribution in [3.8, 4) is 5.75 Å². The molecule has 0 saturated heterocycles. The molecule has 0 fully saturated rings. The van der Waals surface area contributed by atoms with Crippen molar-refractivity contribution in [3.63, 3.8) is 0 Å². The lowest BCUT2D eigenvalue weighted by Gasteiger charge is -2.01. The van der Waals surface area contributed by atoms with Gasteiger partial charge in [-0.3, -0.25) is 14.8 Å². The Bertz CT molecular complexity index is 348. The van der Waals surface area contributed by atoms with Gasteiger partial charge in [-0.05, 0) is 18.2 Å². The van der Waals surface area contributed by atoms with Crippen LogP contribution in [0.5, 0.6) is 5.75 Å². The summed E-state index contributed by atoms with van der Waals surface area (Å²) in [5.41, 5.74) is 1.46. The Hall–Kier alpha value is -1.88. The van der Waals surface area contributed by atoms with Crippen molar-refractivity contribution in [2.24, 2.45) is 0 Å². The first-order valence-electron chi connectivity index (χ1n) is 3.41. The predicted octanol–water partition coefficient (Wildman–Crippen LogP) is 0.324. The molecule has 0 spiro atoms. The number of phenolic OH excluding ortho intramolecular Hbond substituents is 1. The molecule has 1 amide bonds. The Morgan fingerprint density at radius 3 is 2.69 bits per heavy atom. The number of phenols is 1. The van der Waals surface area contributed by atoms with Crippen LogP contribution in [0.15, 0.2) is 18.2 Å². The van der Waals surface area contributed by atoms with Crippen molar-refractivity contribution < 1.29 is 19.9 Å². The van der Waals surface area contributed by atoms with Crippen LogP contribution in [0.25, 0.3) is 0 Å². The van der Waals surface area contributed by atoms with Gasteiger partial charge in [0.2, 0.25) is 0 Å². The van der Waals surface area contributed by atoms with Crippen molar-refractivity contribution in [2.75, 3.05) is 0 Å². The molecule has 1 aromatic carbocycles. The first-order valence-corrected chi connectivity index (χ1v) is 3.41. The monoisotopic (exact) mass is 181 g/mol. The summed E-state index contributed by atoms with van der Waals surface area (Å²) < 4.78 is 0. The van der Waals surface area contributed by atoms with Crippen molar-refractivity contribution in [3.05, 3.63) is 29.3 Å². The van der Waals surface area contributed by atoms with E-state index in [1.807, 2.05) is 0 Å². The minimum Gasteiger partial charge on any atom is -0.507 e. The van der Waals surface area contributed by atoms with E-state index in [4.69, 9.17) is 10.3 Å². The summed E-state index contributed by atoms with van der Waals surface area (Å²) in [6.07, 6.45) is 0.535. The summed E-state index contributed by atoms with van der Waals surface area (Å²) in [4.78, 5) is 21.2. The summed E-state index contributed by atoms with van der Waals surface area (Å²) in [6, 6.07) is 3.73. The number of aldehydes is 1. The number of rotatable bonds is 2. The van der Waals surface area contributed by atoms with Gasteiger partial charge < -0.3 is 5.11 Å². The highest BCUT2D eigenvalue weighted by atomic mass is 16.5. The average molecular weight is 181 g/mol. The van der Waals surface area contributed by atoms with Crippen molar-refractivity contribution in [1.82, 2.24) is 5.48 Å². The molecule has 0 aromatic heterocycles. The molecule has 5 heteroatoms. The summed E-state index contributed by atoms with van der Waals surface area (Å²) in [7, 11) is 0. The number of carbonyl (C=O) groups excluding carboxylic acids is 2. The largest absolute Gasteiger partial charge is 0.507 e. The zero-order valence-corrected chi connectivity index (χ0v) is 6.52. The molecule has 0 bridgehead atoms. The maximum atomic E-state index is 10.9. The van der Waals surface area contributed by atoms with Crippen LogP contribution in [0.4, 0.5) is 0 Å². The minimum absolute atomic E-state index is 0.146. The van der Waals surface area contributed by atoms with E-state index in [2.05, 4.69) is 0 Å². The third-order valence-corrected chi connectivity index (χ3v) is 1.50. The van der Waals surface area contributed by atoms with Gasteiger partial charge >= 0.3 is 0 Å². The van der Waals surface area contributed by atoms with Gasteiger partial charge in [0, 0.05) is 5.56 Å². The van der Waals surface area contributed by atoms with E-state index in [9.17, 15) is 9.59 Å². The number of benzene rings is 1. The lowest BCUT2D eigenvalue weighted by Crippen LogP contribution is -2.18. The number of nitrogens with one attached hydrogen (secondary N) is 1. The SMILES string of the molecule is O=Cc1ccc(O)c(C(=O)NO)c1. The average Bonchev–Trinajstić information content (AvgIpc) is 2.17. The molecule has 68 valence electrons. The van der Waals surface area contributed by atoms with Gasteiger partial charge in [-0.15, -0.1) is 0 Å². The molecular weight excluding hydrogens is 174 g/mol. The van der Waals surface area contributed by atoms with Crippen molar-refractivity contribution in [1.29, 1.82) is 0 Å². The third-order valence-electron chi connectivity index (χ3n) is 1.50. The van der Waals surface area contributed by atoms with Crippen LogP contribution in [0, 0.1) is 0 Å². The zero-order chi connectivity index (χ0) is 9.84. The van der Waals surface area contributed by atoms with E-state index in [1.165, 1.54) is 23.7 Å². The topological polar surface area (TPSA) is 86.6 Å². The highest BCUT2D eigenvalue weighted by Crippen LogP contribution is 2.17. The number of hydroxylamine groups is 1. The van der Waals surface area contributed by atoms with Gasteiger partial charge in [-0.2, -0.15) is 0 Å². The van der Waals surface area contributed by atoms with Crippen LogP contribution >= 0.6 is 0 Å². The fraction of sp³-hybridized carbons (Fsp3) is 0. The normalized spacial score (nSPS) is 9.31. The quantitative estimate of drug-likeness (QED) is 0.348. The molecule has 5 nitrogen and oxygen atoms in total. The molecule has 0 unspecified atom stereocenters. The molecular formula is C8H7NO4. The van der Waals surface area contributed by atoms with E-state index in [0.717, 1.165) is 0 Å². The summed E-state index contributed by atoms with van der Waals surface area (Å²) >= 11 is 0. The van der Waals surface area contributed by atoms with Gasteiger partial charge in [0.1, 0.15) is 12.0 Å². The van der Waals surface area contributed by atoms with Crippen LogP contribution in [0.2, 0.25) is 0 Å². The summed E-state index contributed by atoms with van der Waals surface area (Å²) in [6.45, 7) is 0. The second kappa shape index (κ2) is 3.68. The number of hydrogen-bond donors (Lipinski definition) is 3. The maximum absolute atomic E-state index is 10.9. The predicted molar refractivity (Wildman–Crippen MR) is 42.7 cm³/mol. The van der Waals surface area contributed by atoms with E-state index in [0.29, 0.717) is 6.29 Å². The lowest BCUT2D eigenvalue weighted by atomic mass is 10.1. The van der Waals surface area contributed by atoms with Gasteiger partial charge in [-0.25, -0.2) is 5.48 Å². The van der Waals surface area contributed by atoms with Crippen LogP contribution in [-0.4, -0.2) is 22.5 Å². The van der Waals surface area contributed by atoms with Gasteiger partial charge in [0.05, 0.1) is 5.56 Å². The van der Waals surface area contributed by atoms with Gasteiger partial charge in [0.15, 0.2) is 0 Å². The second-order valence-electron chi connectivity index (χ2n) is 2.34. The van der Waals surface area contributed by atoms with Crippen LogP contribution in [0.1, 0.15) is 20.7 Å². The number of hydrogen-bond acceptors (Lipinski definition) is 4. The molecule has 0 heterocycles. The summed E-state index contributed by atoms with van der Waals surface area (Å²) in [5, 5.41) is 17.4. The number of aromatic hydroxyl groups is 1. The lowest BCUT2D eigenvalue weighted by molar-refractivity contribution is 0.0703. The minimum atomic E-state index is -0.860. The first kappa shape index (κ1) is 9.21. The first-order chi connectivity index (χ1) is 6.19. The Balaban J connectivity index is 3.18. The number of amides is 1. The molecule has 0 aliphatic rings. The third kappa shape index (κ3) is 1.83. The van der Waals surface area contributed by atoms with E-state index >= 15 is 0 Å². The fourth-order valence-corrected chi connectivity index (χ4v) is 0.869. The highest BCUT2D eigenvalue weighted by molar-refractivity contribution is 5.97.